The number of benzene rings is 3. The van der Waals surface area contributed by atoms with Crippen LogP contribution in [0.2, 0.25) is 0 Å². The highest BCUT2D eigenvalue weighted by molar-refractivity contribution is 5.97. The van der Waals surface area contributed by atoms with E-state index in [1.54, 1.807) is 18.0 Å². The van der Waals surface area contributed by atoms with Crippen molar-refractivity contribution in [3.63, 3.8) is 0 Å². The molecule has 0 aliphatic heterocycles. The van der Waals surface area contributed by atoms with Crippen LogP contribution in [0, 0.1) is 0 Å². The lowest BCUT2D eigenvalue weighted by Gasteiger charge is -2.15. The van der Waals surface area contributed by atoms with E-state index in [0.717, 1.165) is 34.7 Å². The summed E-state index contributed by atoms with van der Waals surface area (Å²) in [5.74, 6) is -0.0880. The van der Waals surface area contributed by atoms with Crippen LogP contribution in [-0.4, -0.2) is 29.8 Å². The van der Waals surface area contributed by atoms with Crippen LogP contribution in [0.25, 0.3) is 16.8 Å². The van der Waals surface area contributed by atoms with Crippen molar-refractivity contribution in [2.75, 3.05) is 7.05 Å². The number of nitrogens with one attached hydrogen (secondary N) is 1. The standard InChI is InChI=1S/C25H24N2O2/c1-27(17-18-9-11-21(12-10-18)25(29)26-22-14-15-22)24(28)16-13-20-7-4-6-19-5-2-3-8-23(19)20/h2-13,16,22H,14-15,17H2,1H3,(H,26,29)/b16-13+. The lowest BCUT2D eigenvalue weighted by molar-refractivity contribution is -0.125. The molecule has 1 aliphatic carbocycles. The van der Waals surface area contributed by atoms with Crippen LogP contribution in [0.5, 0.6) is 0 Å². The Morgan fingerprint density at radius 2 is 1.72 bits per heavy atom. The predicted octanol–water partition coefficient (Wildman–Crippen LogP) is 4.40. The molecule has 0 saturated heterocycles. The second-order valence-electron chi connectivity index (χ2n) is 7.54. The maximum atomic E-state index is 12.5. The summed E-state index contributed by atoms with van der Waals surface area (Å²) >= 11 is 0. The van der Waals surface area contributed by atoms with Crippen LogP contribution in [0.1, 0.15) is 34.3 Å². The van der Waals surface area contributed by atoms with E-state index >= 15 is 0 Å². The smallest absolute Gasteiger partial charge is 0.251 e. The Balaban J connectivity index is 1.38. The average Bonchev–Trinajstić information content (AvgIpc) is 3.56. The molecule has 3 aromatic rings. The van der Waals surface area contributed by atoms with Gasteiger partial charge in [0, 0.05) is 31.3 Å². The first kappa shape index (κ1) is 18.9. The molecule has 1 N–H and O–H groups in total. The minimum Gasteiger partial charge on any atom is -0.349 e. The molecule has 0 radical (unpaired) electrons. The molecule has 3 aromatic carbocycles. The van der Waals surface area contributed by atoms with Crippen molar-refractivity contribution in [2.45, 2.75) is 25.4 Å². The molecule has 2 amide bonds. The largest absolute Gasteiger partial charge is 0.349 e. The van der Waals surface area contributed by atoms with E-state index in [4.69, 9.17) is 0 Å². The van der Waals surface area contributed by atoms with Gasteiger partial charge in [-0.1, -0.05) is 54.6 Å². The van der Waals surface area contributed by atoms with Gasteiger partial charge in [0.1, 0.15) is 0 Å². The topological polar surface area (TPSA) is 49.4 Å². The highest BCUT2D eigenvalue weighted by atomic mass is 16.2. The van der Waals surface area contributed by atoms with Gasteiger partial charge in [0.15, 0.2) is 0 Å². The van der Waals surface area contributed by atoms with E-state index in [0.29, 0.717) is 18.2 Å². The number of fused-ring (bicyclic) bond motifs is 1. The van der Waals surface area contributed by atoms with Gasteiger partial charge in [-0.05, 0) is 52.9 Å². The van der Waals surface area contributed by atoms with Gasteiger partial charge in [0.05, 0.1) is 0 Å². The molecule has 0 unspecified atom stereocenters. The molecule has 4 heteroatoms. The van der Waals surface area contributed by atoms with Crippen LogP contribution in [0.15, 0.2) is 72.8 Å². The molecule has 1 saturated carbocycles. The van der Waals surface area contributed by atoms with Crippen molar-refractivity contribution in [1.82, 2.24) is 10.2 Å². The van der Waals surface area contributed by atoms with Gasteiger partial charge in [0.2, 0.25) is 5.91 Å². The molecule has 29 heavy (non-hydrogen) atoms. The molecule has 0 spiro atoms. The third kappa shape index (κ3) is 4.72. The number of hydrogen-bond acceptors (Lipinski definition) is 2. The van der Waals surface area contributed by atoms with Crippen molar-refractivity contribution >= 4 is 28.7 Å². The molecular weight excluding hydrogens is 360 g/mol. The third-order valence-corrected chi connectivity index (χ3v) is 5.15. The van der Waals surface area contributed by atoms with Gasteiger partial charge in [-0.2, -0.15) is 0 Å². The summed E-state index contributed by atoms with van der Waals surface area (Å²) in [7, 11) is 1.78. The number of nitrogens with zero attached hydrogens (tertiary/aromatic N) is 1. The van der Waals surface area contributed by atoms with Gasteiger partial charge < -0.3 is 10.2 Å². The molecule has 1 fully saturated rings. The van der Waals surface area contributed by atoms with Crippen LogP contribution in [-0.2, 0) is 11.3 Å². The predicted molar refractivity (Wildman–Crippen MR) is 116 cm³/mol. The molecule has 0 aromatic heterocycles. The van der Waals surface area contributed by atoms with Crippen LogP contribution in [0.4, 0.5) is 0 Å². The summed E-state index contributed by atoms with van der Waals surface area (Å²) in [5.41, 5.74) is 2.67. The molecule has 0 heterocycles. The maximum Gasteiger partial charge on any atom is 0.251 e. The maximum absolute atomic E-state index is 12.5. The lowest BCUT2D eigenvalue weighted by atomic mass is 10.0. The summed E-state index contributed by atoms with van der Waals surface area (Å²) in [6.07, 6.45) is 5.62. The Morgan fingerprint density at radius 1 is 1.00 bits per heavy atom. The zero-order valence-corrected chi connectivity index (χ0v) is 16.5. The molecule has 4 nitrogen and oxygen atoms in total. The minimum absolute atomic E-state index is 0.0264. The fourth-order valence-electron chi connectivity index (χ4n) is 3.29. The van der Waals surface area contributed by atoms with Crippen LogP contribution in [0.3, 0.4) is 0 Å². The van der Waals surface area contributed by atoms with Gasteiger partial charge in [-0.3, -0.25) is 9.59 Å². The molecular formula is C25H24N2O2. The summed E-state index contributed by atoms with van der Waals surface area (Å²) in [6.45, 7) is 0.489. The van der Waals surface area contributed by atoms with E-state index in [9.17, 15) is 9.59 Å². The highest BCUT2D eigenvalue weighted by Gasteiger charge is 2.23. The Kier molecular flexibility index (Phi) is 5.43. The highest BCUT2D eigenvalue weighted by Crippen LogP contribution is 2.20. The number of rotatable bonds is 6. The van der Waals surface area contributed by atoms with Crippen LogP contribution < -0.4 is 5.32 Å². The van der Waals surface area contributed by atoms with Gasteiger partial charge in [-0.25, -0.2) is 0 Å². The molecule has 0 atom stereocenters. The van der Waals surface area contributed by atoms with Crippen molar-refractivity contribution < 1.29 is 9.59 Å². The lowest BCUT2D eigenvalue weighted by Crippen LogP contribution is -2.26. The first-order valence-corrected chi connectivity index (χ1v) is 9.91. The Morgan fingerprint density at radius 3 is 2.48 bits per heavy atom. The second kappa shape index (κ2) is 8.31. The third-order valence-electron chi connectivity index (χ3n) is 5.15. The fraction of sp³-hybridized carbons (Fsp3) is 0.200. The molecule has 0 bridgehead atoms. The van der Waals surface area contributed by atoms with Crippen molar-refractivity contribution in [3.05, 3.63) is 89.5 Å². The van der Waals surface area contributed by atoms with E-state index in [-0.39, 0.29) is 11.8 Å². The number of carbonyl (C=O) groups is 2. The molecule has 146 valence electrons. The minimum atomic E-state index is -0.0616. The Labute approximate surface area is 170 Å². The number of likely N-dealkylation sites (N-methyl/N-ethyl adjacent to an activating group) is 1. The summed E-state index contributed by atoms with van der Waals surface area (Å²) in [6, 6.07) is 22.0. The van der Waals surface area contributed by atoms with E-state index in [2.05, 4.69) is 23.5 Å². The number of hydrogen-bond donors (Lipinski definition) is 1. The first-order chi connectivity index (χ1) is 14.1. The van der Waals surface area contributed by atoms with Gasteiger partial charge in [0.25, 0.3) is 5.91 Å². The molecule has 1 aliphatic rings. The quantitative estimate of drug-likeness (QED) is 0.640. The van der Waals surface area contributed by atoms with Gasteiger partial charge in [-0.15, -0.1) is 0 Å². The second-order valence-corrected chi connectivity index (χ2v) is 7.54. The van der Waals surface area contributed by atoms with Crippen molar-refractivity contribution in [3.8, 4) is 0 Å². The van der Waals surface area contributed by atoms with E-state index < -0.39 is 0 Å². The van der Waals surface area contributed by atoms with Gasteiger partial charge >= 0.3 is 0 Å². The normalized spacial score (nSPS) is 13.6. The first-order valence-electron chi connectivity index (χ1n) is 9.91. The monoisotopic (exact) mass is 384 g/mol. The molecule has 4 rings (SSSR count). The SMILES string of the molecule is CN(Cc1ccc(C(=O)NC2CC2)cc1)C(=O)/C=C/c1cccc2ccccc12. The number of carbonyl (C=O) groups excluding carboxylic acids is 2. The summed E-state index contributed by atoms with van der Waals surface area (Å²) in [5, 5.41) is 5.26. The summed E-state index contributed by atoms with van der Waals surface area (Å²) in [4.78, 5) is 26.3. The average molecular weight is 384 g/mol. The zero-order valence-electron chi connectivity index (χ0n) is 16.5. The van der Waals surface area contributed by atoms with E-state index in [1.807, 2.05) is 54.6 Å². The summed E-state index contributed by atoms with van der Waals surface area (Å²) < 4.78 is 0. The Hall–Kier alpha value is -3.40. The van der Waals surface area contributed by atoms with Crippen molar-refractivity contribution in [2.24, 2.45) is 0 Å². The zero-order chi connectivity index (χ0) is 20.2. The van der Waals surface area contributed by atoms with Crippen LogP contribution >= 0.6 is 0 Å². The van der Waals surface area contributed by atoms with E-state index in [1.165, 1.54) is 0 Å². The van der Waals surface area contributed by atoms with Crippen molar-refractivity contribution in [1.29, 1.82) is 0 Å². The Bertz CT molecular complexity index is 1060. The fourth-order valence-corrected chi connectivity index (χ4v) is 3.29. The number of amides is 2.